The van der Waals surface area contributed by atoms with Gasteiger partial charge in [0.1, 0.15) is 11.3 Å². The number of rotatable bonds is 4. The van der Waals surface area contributed by atoms with Crippen molar-refractivity contribution >= 4 is 22.7 Å². The molecular weight excluding hydrogens is 270 g/mol. The van der Waals surface area contributed by atoms with Crippen molar-refractivity contribution in [1.82, 2.24) is 15.0 Å². The minimum absolute atomic E-state index is 0.173. The van der Waals surface area contributed by atoms with Crippen molar-refractivity contribution in [3.05, 3.63) is 52.9 Å². The third-order valence-electron chi connectivity index (χ3n) is 2.88. The van der Waals surface area contributed by atoms with Crippen LogP contribution in [0.15, 0.2) is 47.4 Å². The first kappa shape index (κ1) is 12.9. The molecule has 0 spiro atoms. The minimum Gasteiger partial charge on any atom is -0.497 e. The molecule has 3 aromatic rings. The number of nitrogens with one attached hydrogen (secondary N) is 3. The zero-order valence-corrected chi connectivity index (χ0v) is 11.3. The molecule has 1 aromatic carbocycles. The van der Waals surface area contributed by atoms with Crippen LogP contribution in [0.4, 0.5) is 11.5 Å². The van der Waals surface area contributed by atoms with Gasteiger partial charge in [0.05, 0.1) is 12.8 Å². The van der Waals surface area contributed by atoms with Gasteiger partial charge in [-0.2, -0.15) is 0 Å². The highest BCUT2D eigenvalue weighted by molar-refractivity contribution is 5.71. The second kappa shape index (κ2) is 5.49. The fourth-order valence-electron chi connectivity index (χ4n) is 1.81. The lowest BCUT2D eigenvalue weighted by Gasteiger charge is -2.09. The minimum atomic E-state index is -0.345. The van der Waals surface area contributed by atoms with Crippen LogP contribution in [0.25, 0.3) is 11.2 Å². The molecule has 0 aliphatic heterocycles. The Labute approximate surface area is 120 Å². The predicted molar refractivity (Wildman–Crippen MR) is 80.4 cm³/mol. The summed E-state index contributed by atoms with van der Waals surface area (Å²) >= 11 is 0. The molecule has 7 heteroatoms. The van der Waals surface area contributed by atoms with Gasteiger partial charge in [0.15, 0.2) is 5.65 Å². The molecule has 0 atom stereocenters. The maximum atomic E-state index is 11.9. The molecule has 106 valence electrons. The number of anilines is 2. The number of aromatic amines is 1. The van der Waals surface area contributed by atoms with Crippen LogP contribution in [0.3, 0.4) is 0 Å². The van der Waals surface area contributed by atoms with E-state index in [1.54, 1.807) is 25.4 Å². The van der Waals surface area contributed by atoms with Crippen molar-refractivity contribution in [3.8, 4) is 5.75 Å². The summed E-state index contributed by atoms with van der Waals surface area (Å²) in [6.45, 7) is 0. The van der Waals surface area contributed by atoms with Gasteiger partial charge in [-0.3, -0.25) is 15.6 Å². The summed E-state index contributed by atoms with van der Waals surface area (Å²) < 4.78 is 5.08. The Morgan fingerprint density at radius 1 is 1.14 bits per heavy atom. The molecule has 7 nitrogen and oxygen atoms in total. The lowest BCUT2D eigenvalue weighted by molar-refractivity contribution is 0.415. The number of nitrogens with zero attached hydrogens (tertiary/aromatic N) is 2. The van der Waals surface area contributed by atoms with Crippen LogP contribution in [0, 0.1) is 0 Å². The third-order valence-corrected chi connectivity index (χ3v) is 2.88. The quantitative estimate of drug-likeness (QED) is 0.632. The topological polar surface area (TPSA) is 91.9 Å². The van der Waals surface area contributed by atoms with Crippen LogP contribution >= 0.6 is 0 Å². The summed E-state index contributed by atoms with van der Waals surface area (Å²) in [6, 6.07) is 10.8. The van der Waals surface area contributed by atoms with Crippen molar-refractivity contribution in [3.63, 3.8) is 0 Å². The number of hydrazine groups is 1. The molecule has 3 N–H and O–H groups in total. The van der Waals surface area contributed by atoms with E-state index in [9.17, 15) is 4.79 Å². The van der Waals surface area contributed by atoms with E-state index in [1.807, 2.05) is 24.3 Å². The molecule has 0 unspecified atom stereocenters. The van der Waals surface area contributed by atoms with E-state index < -0.39 is 0 Å². The molecule has 3 rings (SSSR count). The Bertz CT molecular complexity index is 813. The van der Waals surface area contributed by atoms with Gasteiger partial charge in [0, 0.05) is 6.20 Å². The summed E-state index contributed by atoms with van der Waals surface area (Å²) in [5, 5.41) is 0. The van der Waals surface area contributed by atoms with Gasteiger partial charge in [-0.1, -0.05) is 0 Å². The summed E-state index contributed by atoms with van der Waals surface area (Å²) in [4.78, 5) is 22.8. The predicted octanol–water partition coefficient (Wildman–Crippen LogP) is 1.77. The molecule has 0 bridgehead atoms. The zero-order chi connectivity index (χ0) is 14.7. The summed E-state index contributed by atoms with van der Waals surface area (Å²) in [7, 11) is 1.60. The Hall–Kier alpha value is -3.09. The van der Waals surface area contributed by atoms with Crippen molar-refractivity contribution < 1.29 is 4.74 Å². The van der Waals surface area contributed by atoms with Gasteiger partial charge in [0.25, 0.3) is 5.56 Å². The molecule has 0 amide bonds. The molecule has 0 aliphatic carbocycles. The highest BCUT2D eigenvalue weighted by Gasteiger charge is 2.04. The SMILES string of the molecule is COc1ccc(NNc2nc3cccnc3[nH]c2=O)cc1. The highest BCUT2D eigenvalue weighted by atomic mass is 16.5. The van der Waals surface area contributed by atoms with Crippen molar-refractivity contribution in [2.24, 2.45) is 0 Å². The molecular formula is C14H13N5O2. The summed E-state index contributed by atoms with van der Waals surface area (Å²) in [6.07, 6.45) is 1.60. The smallest absolute Gasteiger partial charge is 0.294 e. The lowest BCUT2D eigenvalue weighted by atomic mass is 10.3. The fraction of sp³-hybridized carbons (Fsp3) is 0.0714. The van der Waals surface area contributed by atoms with Gasteiger partial charge in [0.2, 0.25) is 5.82 Å². The van der Waals surface area contributed by atoms with Crippen LogP contribution in [-0.4, -0.2) is 22.1 Å². The number of pyridine rings is 1. The zero-order valence-electron chi connectivity index (χ0n) is 11.3. The van der Waals surface area contributed by atoms with E-state index in [0.717, 1.165) is 11.4 Å². The fourth-order valence-corrected chi connectivity index (χ4v) is 1.81. The molecule has 0 saturated heterocycles. The molecule has 21 heavy (non-hydrogen) atoms. The van der Waals surface area contributed by atoms with Crippen LogP contribution in [0.1, 0.15) is 0 Å². The Morgan fingerprint density at radius 3 is 2.71 bits per heavy atom. The van der Waals surface area contributed by atoms with E-state index in [1.165, 1.54) is 0 Å². The van der Waals surface area contributed by atoms with Crippen LogP contribution < -0.4 is 21.1 Å². The molecule has 0 aliphatic rings. The third kappa shape index (κ3) is 2.76. The second-order valence-corrected chi connectivity index (χ2v) is 4.26. The molecule has 2 aromatic heterocycles. The van der Waals surface area contributed by atoms with E-state index in [2.05, 4.69) is 25.8 Å². The van der Waals surface area contributed by atoms with Crippen LogP contribution in [0.5, 0.6) is 5.75 Å². The average Bonchev–Trinajstić information content (AvgIpc) is 2.53. The van der Waals surface area contributed by atoms with Crippen LogP contribution in [-0.2, 0) is 0 Å². The Balaban J connectivity index is 1.81. The number of ether oxygens (including phenoxy) is 1. The Kier molecular flexibility index (Phi) is 3.38. The average molecular weight is 283 g/mol. The standard InChI is InChI=1S/C14H13N5O2/c1-21-10-6-4-9(5-7-10)18-19-13-14(20)17-12-11(16-13)3-2-8-15-12/h2-8,18H,1H3,(H,16,19)(H,15,17,20). The van der Waals surface area contributed by atoms with Crippen molar-refractivity contribution in [1.29, 1.82) is 0 Å². The molecule has 0 saturated carbocycles. The van der Waals surface area contributed by atoms with Crippen LogP contribution in [0.2, 0.25) is 0 Å². The van der Waals surface area contributed by atoms with Gasteiger partial charge in [-0.25, -0.2) is 9.97 Å². The first-order valence-corrected chi connectivity index (χ1v) is 6.27. The second-order valence-electron chi connectivity index (χ2n) is 4.26. The lowest BCUT2D eigenvalue weighted by Crippen LogP contribution is -2.20. The summed E-state index contributed by atoms with van der Waals surface area (Å²) in [5.41, 5.74) is 7.19. The maximum Gasteiger partial charge on any atom is 0.294 e. The molecule has 0 fully saturated rings. The van der Waals surface area contributed by atoms with Gasteiger partial charge in [-0.05, 0) is 36.4 Å². The normalized spacial score (nSPS) is 10.3. The van der Waals surface area contributed by atoms with E-state index >= 15 is 0 Å². The van der Waals surface area contributed by atoms with Crippen molar-refractivity contribution in [2.45, 2.75) is 0 Å². The number of hydrogen-bond acceptors (Lipinski definition) is 6. The number of benzene rings is 1. The number of H-pyrrole nitrogens is 1. The Morgan fingerprint density at radius 2 is 1.95 bits per heavy atom. The number of methoxy groups -OCH3 is 1. The van der Waals surface area contributed by atoms with E-state index in [-0.39, 0.29) is 11.4 Å². The monoisotopic (exact) mass is 283 g/mol. The maximum absolute atomic E-state index is 11.9. The van der Waals surface area contributed by atoms with E-state index in [4.69, 9.17) is 4.74 Å². The largest absolute Gasteiger partial charge is 0.497 e. The van der Waals surface area contributed by atoms with Gasteiger partial charge < -0.3 is 9.72 Å². The van der Waals surface area contributed by atoms with Gasteiger partial charge >= 0.3 is 0 Å². The first-order chi connectivity index (χ1) is 10.3. The van der Waals surface area contributed by atoms with Crippen molar-refractivity contribution in [2.75, 3.05) is 18.0 Å². The van der Waals surface area contributed by atoms with Gasteiger partial charge in [-0.15, -0.1) is 0 Å². The first-order valence-electron chi connectivity index (χ1n) is 6.27. The van der Waals surface area contributed by atoms with E-state index in [0.29, 0.717) is 11.2 Å². The number of aromatic nitrogens is 3. The summed E-state index contributed by atoms with van der Waals surface area (Å²) in [5.74, 6) is 0.930. The molecule has 0 radical (unpaired) electrons. The molecule has 2 heterocycles. The number of fused-ring (bicyclic) bond motifs is 1. The number of hydrogen-bond donors (Lipinski definition) is 3. The highest BCUT2D eigenvalue weighted by Crippen LogP contribution is 2.15.